The van der Waals surface area contributed by atoms with E-state index in [-0.39, 0.29) is 5.91 Å². The number of carbonyl (C=O) groups excluding carboxylic acids is 1. The number of halogens is 1. The third-order valence-corrected chi connectivity index (χ3v) is 5.05. The van der Waals surface area contributed by atoms with Crippen molar-refractivity contribution in [1.29, 1.82) is 0 Å². The molecule has 1 saturated carbocycles. The van der Waals surface area contributed by atoms with E-state index in [0.717, 1.165) is 35.5 Å². The molecule has 2 aliphatic rings. The molecule has 1 N–H and O–H groups in total. The average molecular weight is 344 g/mol. The van der Waals surface area contributed by atoms with E-state index < -0.39 is 5.41 Å². The predicted octanol–water partition coefficient (Wildman–Crippen LogP) is 3.46. The summed E-state index contributed by atoms with van der Waals surface area (Å²) in [7, 11) is 0. The fraction of sp³-hybridized carbons (Fsp3) is 0.316. The number of nitrogens with one attached hydrogen (secondary N) is 1. The highest BCUT2D eigenvalue weighted by Gasteiger charge is 2.51. The maximum absolute atomic E-state index is 12.8. The smallest absolute Gasteiger partial charge is 0.230 e. The molecule has 1 amide bonds. The zero-order chi connectivity index (χ0) is 16.6. The van der Waals surface area contributed by atoms with E-state index in [1.54, 1.807) is 0 Å². The van der Waals surface area contributed by atoms with Crippen LogP contribution < -0.4 is 14.8 Å². The van der Waals surface area contributed by atoms with Gasteiger partial charge in [0, 0.05) is 11.6 Å². The fourth-order valence-electron chi connectivity index (χ4n) is 3.10. The van der Waals surface area contributed by atoms with Gasteiger partial charge in [-0.2, -0.15) is 0 Å². The minimum Gasteiger partial charge on any atom is -0.486 e. The van der Waals surface area contributed by atoms with Gasteiger partial charge in [-0.05, 0) is 42.2 Å². The number of amides is 1. The summed E-state index contributed by atoms with van der Waals surface area (Å²) in [6.07, 6.45) is 1.70. The van der Waals surface area contributed by atoms with Crippen molar-refractivity contribution < 1.29 is 14.3 Å². The largest absolute Gasteiger partial charge is 0.486 e. The molecule has 24 heavy (non-hydrogen) atoms. The molecular weight excluding hydrogens is 326 g/mol. The molecule has 1 fully saturated rings. The molecule has 124 valence electrons. The standard InChI is InChI=1S/C19H18ClNO3/c20-15-4-2-1-3-13(15)12-21-18(22)19(7-8-19)14-5-6-16-17(11-14)24-10-9-23-16/h1-6,11H,7-10,12H2,(H,21,22). The molecule has 2 aromatic carbocycles. The zero-order valence-corrected chi connectivity index (χ0v) is 13.9. The lowest BCUT2D eigenvalue weighted by atomic mass is 9.94. The first-order valence-corrected chi connectivity index (χ1v) is 8.49. The third-order valence-electron chi connectivity index (χ3n) is 4.68. The van der Waals surface area contributed by atoms with E-state index in [0.29, 0.717) is 24.8 Å². The summed E-state index contributed by atoms with van der Waals surface area (Å²) >= 11 is 6.15. The van der Waals surface area contributed by atoms with Gasteiger partial charge in [0.1, 0.15) is 13.2 Å². The normalized spacial score (nSPS) is 17.2. The molecule has 0 unspecified atom stereocenters. The fourth-order valence-corrected chi connectivity index (χ4v) is 3.30. The highest BCUT2D eigenvalue weighted by atomic mass is 35.5. The van der Waals surface area contributed by atoms with Crippen molar-refractivity contribution in [3.05, 3.63) is 58.6 Å². The molecule has 1 aliphatic heterocycles. The van der Waals surface area contributed by atoms with Gasteiger partial charge in [0.15, 0.2) is 11.5 Å². The van der Waals surface area contributed by atoms with Gasteiger partial charge >= 0.3 is 0 Å². The minimum atomic E-state index is -0.447. The van der Waals surface area contributed by atoms with Crippen molar-refractivity contribution in [3.8, 4) is 11.5 Å². The van der Waals surface area contributed by atoms with Crippen molar-refractivity contribution in [2.24, 2.45) is 0 Å². The zero-order valence-electron chi connectivity index (χ0n) is 13.2. The molecule has 5 heteroatoms. The van der Waals surface area contributed by atoms with Gasteiger partial charge < -0.3 is 14.8 Å². The molecule has 0 aromatic heterocycles. The van der Waals surface area contributed by atoms with Gasteiger partial charge in [-0.1, -0.05) is 35.9 Å². The van der Waals surface area contributed by atoms with Crippen LogP contribution in [0, 0.1) is 0 Å². The Labute approximate surface area is 145 Å². The molecule has 0 radical (unpaired) electrons. The maximum atomic E-state index is 12.8. The Morgan fingerprint density at radius 2 is 1.83 bits per heavy atom. The molecule has 0 bridgehead atoms. The molecule has 1 aliphatic carbocycles. The predicted molar refractivity (Wildman–Crippen MR) is 91.6 cm³/mol. The molecule has 4 nitrogen and oxygen atoms in total. The Kier molecular flexibility index (Phi) is 3.85. The van der Waals surface area contributed by atoms with Crippen LogP contribution in [0.2, 0.25) is 5.02 Å². The summed E-state index contributed by atoms with van der Waals surface area (Å²) in [5.41, 5.74) is 1.46. The number of ether oxygens (including phenoxy) is 2. The van der Waals surface area contributed by atoms with E-state index >= 15 is 0 Å². The van der Waals surface area contributed by atoms with Gasteiger partial charge in [0.2, 0.25) is 5.91 Å². The van der Waals surface area contributed by atoms with Crippen molar-refractivity contribution in [2.45, 2.75) is 24.8 Å². The number of hydrogen-bond donors (Lipinski definition) is 1. The Bertz CT molecular complexity index is 786. The summed E-state index contributed by atoms with van der Waals surface area (Å²) in [4.78, 5) is 12.8. The monoisotopic (exact) mass is 343 g/mol. The first kappa shape index (κ1) is 15.3. The van der Waals surface area contributed by atoms with E-state index in [4.69, 9.17) is 21.1 Å². The highest BCUT2D eigenvalue weighted by molar-refractivity contribution is 6.31. The van der Waals surface area contributed by atoms with Crippen LogP contribution in [0.3, 0.4) is 0 Å². The number of fused-ring (bicyclic) bond motifs is 1. The van der Waals surface area contributed by atoms with Crippen LogP contribution in [-0.2, 0) is 16.8 Å². The van der Waals surface area contributed by atoms with Crippen molar-refractivity contribution >= 4 is 17.5 Å². The van der Waals surface area contributed by atoms with Crippen LogP contribution >= 0.6 is 11.6 Å². The van der Waals surface area contributed by atoms with Gasteiger partial charge in [-0.25, -0.2) is 0 Å². The maximum Gasteiger partial charge on any atom is 0.230 e. The number of carbonyl (C=O) groups is 1. The first-order valence-electron chi connectivity index (χ1n) is 8.11. The van der Waals surface area contributed by atoms with Crippen LogP contribution in [0.25, 0.3) is 0 Å². The quantitative estimate of drug-likeness (QED) is 0.924. The second-order valence-corrected chi connectivity index (χ2v) is 6.62. The van der Waals surface area contributed by atoms with Crippen molar-refractivity contribution in [3.63, 3.8) is 0 Å². The van der Waals surface area contributed by atoms with Crippen LogP contribution in [0.15, 0.2) is 42.5 Å². The Morgan fingerprint density at radius 3 is 2.58 bits per heavy atom. The van der Waals surface area contributed by atoms with Crippen LogP contribution in [0.1, 0.15) is 24.0 Å². The average Bonchev–Trinajstić information content (AvgIpc) is 3.42. The summed E-state index contributed by atoms with van der Waals surface area (Å²) in [6.45, 7) is 1.54. The highest BCUT2D eigenvalue weighted by Crippen LogP contribution is 2.50. The molecule has 0 saturated heterocycles. The van der Waals surface area contributed by atoms with Crippen LogP contribution in [0.4, 0.5) is 0 Å². The number of rotatable bonds is 4. The summed E-state index contributed by atoms with van der Waals surface area (Å²) in [5.74, 6) is 1.51. The second kappa shape index (κ2) is 6.02. The van der Waals surface area contributed by atoms with Crippen LogP contribution in [0.5, 0.6) is 11.5 Å². The summed E-state index contributed by atoms with van der Waals surface area (Å²) < 4.78 is 11.2. The summed E-state index contributed by atoms with van der Waals surface area (Å²) in [6, 6.07) is 13.4. The molecule has 0 spiro atoms. The second-order valence-electron chi connectivity index (χ2n) is 6.21. The topological polar surface area (TPSA) is 47.6 Å². The van der Waals surface area contributed by atoms with Gasteiger partial charge in [0.05, 0.1) is 5.41 Å². The molecular formula is C19H18ClNO3. The Morgan fingerprint density at radius 1 is 1.08 bits per heavy atom. The van der Waals surface area contributed by atoms with E-state index in [1.807, 2.05) is 42.5 Å². The minimum absolute atomic E-state index is 0.0408. The lowest BCUT2D eigenvalue weighted by molar-refractivity contribution is -0.123. The van der Waals surface area contributed by atoms with Gasteiger partial charge in [-0.3, -0.25) is 4.79 Å². The van der Waals surface area contributed by atoms with E-state index in [1.165, 1.54) is 0 Å². The third kappa shape index (κ3) is 2.71. The lowest BCUT2D eigenvalue weighted by Crippen LogP contribution is -2.34. The Balaban J connectivity index is 1.51. The molecule has 0 atom stereocenters. The van der Waals surface area contributed by atoms with E-state index in [2.05, 4.69) is 5.32 Å². The number of hydrogen-bond acceptors (Lipinski definition) is 3. The first-order chi connectivity index (χ1) is 11.7. The van der Waals surface area contributed by atoms with E-state index in [9.17, 15) is 4.79 Å². The van der Waals surface area contributed by atoms with Crippen LogP contribution in [-0.4, -0.2) is 19.1 Å². The number of benzene rings is 2. The SMILES string of the molecule is O=C(NCc1ccccc1Cl)C1(c2ccc3c(c2)OCCO3)CC1. The van der Waals surface area contributed by atoms with Crippen molar-refractivity contribution in [2.75, 3.05) is 13.2 Å². The Hall–Kier alpha value is -2.20. The summed E-state index contributed by atoms with van der Waals surface area (Å²) in [5, 5.41) is 3.69. The molecule has 1 heterocycles. The van der Waals surface area contributed by atoms with Gasteiger partial charge in [-0.15, -0.1) is 0 Å². The van der Waals surface area contributed by atoms with Gasteiger partial charge in [0.25, 0.3) is 0 Å². The lowest BCUT2D eigenvalue weighted by Gasteiger charge is -2.21. The van der Waals surface area contributed by atoms with Crippen molar-refractivity contribution in [1.82, 2.24) is 5.32 Å². The molecule has 4 rings (SSSR count). The molecule has 2 aromatic rings.